The molecule has 4 heterocycles. The summed E-state index contributed by atoms with van der Waals surface area (Å²) in [6.07, 6.45) is 8.73. The quantitative estimate of drug-likeness (QED) is 0.378. The van der Waals surface area contributed by atoms with Crippen molar-refractivity contribution in [1.29, 1.82) is 0 Å². The van der Waals surface area contributed by atoms with E-state index in [9.17, 15) is 19.5 Å². The van der Waals surface area contributed by atoms with E-state index in [0.717, 1.165) is 0 Å². The molecule has 1 unspecified atom stereocenters. The van der Waals surface area contributed by atoms with Gasteiger partial charge in [-0.3, -0.25) is 14.4 Å². The largest absolute Gasteiger partial charge is 0.461 e. The number of nitrogens with zero attached hydrogens (tertiary/aromatic N) is 2. The topological polar surface area (TPSA) is 87.1 Å². The molecule has 0 radical (unpaired) electrons. The lowest BCUT2D eigenvalue weighted by molar-refractivity contribution is -0.152. The highest BCUT2D eigenvalue weighted by Gasteiger charge is 2.74. The monoisotopic (exact) mass is 502 g/mol. The zero-order valence-corrected chi connectivity index (χ0v) is 20.4. The first-order valence-electron chi connectivity index (χ1n) is 11.5. The van der Waals surface area contributed by atoms with Gasteiger partial charge in [0.05, 0.1) is 27.3 Å². The number of cyclic esters (lactones) is 1. The molecule has 7 nitrogen and oxygen atoms in total. The number of fused-ring (bicyclic) bond motifs is 2. The molecule has 5 atom stereocenters. The highest BCUT2D eigenvalue weighted by molar-refractivity contribution is 8.02. The Balaban J connectivity index is 1.63. The number of esters is 1. The minimum atomic E-state index is -0.913. The molecule has 180 valence electrons. The Kier molecular flexibility index (Phi) is 6.02. The van der Waals surface area contributed by atoms with E-state index in [0.29, 0.717) is 36.6 Å². The van der Waals surface area contributed by atoms with Gasteiger partial charge < -0.3 is 19.6 Å². The van der Waals surface area contributed by atoms with E-state index in [-0.39, 0.29) is 25.0 Å². The molecular formula is C25H27ClN2O5S. The summed E-state index contributed by atoms with van der Waals surface area (Å²) in [5.74, 6) is -2.25. The van der Waals surface area contributed by atoms with Crippen molar-refractivity contribution in [1.82, 2.24) is 4.90 Å². The molecule has 1 aromatic carbocycles. The third-order valence-corrected chi connectivity index (χ3v) is 9.38. The van der Waals surface area contributed by atoms with Crippen molar-refractivity contribution < 1.29 is 24.2 Å². The second-order valence-corrected chi connectivity index (χ2v) is 11.5. The number of halogens is 1. The number of carbonyl (C=O) groups excluding carboxylic acids is 3. The average molecular weight is 503 g/mol. The van der Waals surface area contributed by atoms with Gasteiger partial charge in [0.2, 0.25) is 5.91 Å². The molecule has 34 heavy (non-hydrogen) atoms. The summed E-state index contributed by atoms with van der Waals surface area (Å²) in [4.78, 5) is 44.5. The number of aliphatic hydroxyl groups excluding tert-OH is 1. The standard InChI is InChI=1S/C25H27ClN2O5S/c1-24-10-7-15-33-23(32)19(24)18-21(30)28(12-4-5-14-29)20-22(31)27(13-6-11-25(18,20)34-24)17-9-3-2-8-16(17)26/h2-3,6-11,18-20,29H,4-5,12-15H2,1H3/t18-,19-,20?,24+,25-/m0/s1. The fourth-order valence-corrected chi connectivity index (χ4v) is 8.27. The van der Waals surface area contributed by atoms with Crippen molar-refractivity contribution in [3.8, 4) is 0 Å². The first-order chi connectivity index (χ1) is 16.3. The number of hydrogen-bond acceptors (Lipinski definition) is 6. The average Bonchev–Trinajstić information content (AvgIpc) is 3.05. The van der Waals surface area contributed by atoms with Gasteiger partial charge in [-0.15, -0.1) is 11.8 Å². The van der Waals surface area contributed by atoms with Crippen molar-refractivity contribution in [2.45, 2.75) is 35.3 Å². The molecular weight excluding hydrogens is 476 g/mol. The Morgan fingerprint density at radius 1 is 1.12 bits per heavy atom. The number of unbranched alkanes of at least 4 members (excludes halogenated alkanes) is 1. The van der Waals surface area contributed by atoms with Crippen LogP contribution in [0.25, 0.3) is 0 Å². The Morgan fingerprint density at radius 2 is 1.91 bits per heavy atom. The summed E-state index contributed by atoms with van der Waals surface area (Å²) in [5.41, 5.74) is 0.588. The summed E-state index contributed by atoms with van der Waals surface area (Å²) in [6, 6.07) is 6.36. The molecule has 1 spiro atoms. The predicted molar refractivity (Wildman–Crippen MR) is 131 cm³/mol. The molecule has 4 aliphatic rings. The third kappa shape index (κ3) is 3.41. The van der Waals surface area contributed by atoms with Gasteiger partial charge in [-0.25, -0.2) is 0 Å². The number of benzene rings is 1. The van der Waals surface area contributed by atoms with E-state index < -0.39 is 33.3 Å². The summed E-state index contributed by atoms with van der Waals surface area (Å²) in [7, 11) is 0. The minimum absolute atomic E-state index is 0.00737. The Hall–Kier alpha value is -2.29. The van der Waals surface area contributed by atoms with Crippen LogP contribution in [0.2, 0.25) is 5.02 Å². The SMILES string of the molecule is C[C@@]12C=CCOC(=O)[C@@H]1[C@H]1C(=O)N(CCCCO)C3C(=O)N(c4ccccc4Cl)CC=C[C@@]31S2. The summed E-state index contributed by atoms with van der Waals surface area (Å²) in [5, 5.41) is 9.75. The molecule has 2 saturated heterocycles. The van der Waals surface area contributed by atoms with Crippen molar-refractivity contribution in [2.75, 3.05) is 31.2 Å². The molecule has 2 amide bonds. The van der Waals surface area contributed by atoms with Crippen LogP contribution in [-0.4, -0.2) is 69.6 Å². The van der Waals surface area contributed by atoms with Gasteiger partial charge in [-0.05, 0) is 38.0 Å². The number of likely N-dealkylation sites (tertiary alicyclic amines) is 1. The second kappa shape index (κ2) is 8.73. The number of hydrogen-bond donors (Lipinski definition) is 1. The van der Waals surface area contributed by atoms with Gasteiger partial charge in [0.15, 0.2) is 0 Å². The van der Waals surface area contributed by atoms with Gasteiger partial charge in [-0.1, -0.05) is 42.0 Å². The molecule has 0 aliphatic carbocycles. The van der Waals surface area contributed by atoms with Crippen LogP contribution in [-0.2, 0) is 19.1 Å². The Bertz CT molecular complexity index is 1090. The fourth-order valence-electron chi connectivity index (χ4n) is 5.88. The minimum Gasteiger partial charge on any atom is -0.461 e. The zero-order valence-electron chi connectivity index (χ0n) is 18.9. The van der Waals surface area contributed by atoms with E-state index in [1.54, 1.807) is 28.0 Å². The van der Waals surface area contributed by atoms with Gasteiger partial charge in [0.25, 0.3) is 5.91 Å². The van der Waals surface area contributed by atoms with E-state index in [1.807, 2.05) is 37.3 Å². The van der Waals surface area contributed by atoms with Crippen LogP contribution in [0.1, 0.15) is 19.8 Å². The molecule has 0 saturated carbocycles. The van der Waals surface area contributed by atoms with E-state index in [2.05, 4.69) is 0 Å². The third-order valence-electron chi connectivity index (χ3n) is 7.26. The normalized spacial score (nSPS) is 34.4. The number of rotatable bonds is 5. The number of amides is 2. The van der Waals surface area contributed by atoms with Crippen molar-refractivity contribution in [3.63, 3.8) is 0 Å². The van der Waals surface area contributed by atoms with Crippen molar-refractivity contribution >= 4 is 46.8 Å². The highest BCUT2D eigenvalue weighted by atomic mass is 35.5. The number of anilines is 1. The number of thioether (sulfide) groups is 1. The lowest BCUT2D eigenvalue weighted by Crippen LogP contribution is -2.53. The fraction of sp³-hybridized carbons (Fsp3) is 0.480. The molecule has 1 aromatic rings. The van der Waals surface area contributed by atoms with Crippen LogP contribution < -0.4 is 4.90 Å². The summed E-state index contributed by atoms with van der Waals surface area (Å²) >= 11 is 7.97. The first kappa shape index (κ1) is 23.5. The van der Waals surface area contributed by atoms with Crippen molar-refractivity contribution in [3.05, 3.63) is 53.6 Å². The number of ether oxygens (including phenoxy) is 1. The van der Waals surface area contributed by atoms with E-state index in [4.69, 9.17) is 16.3 Å². The van der Waals surface area contributed by atoms with Gasteiger partial charge >= 0.3 is 5.97 Å². The van der Waals surface area contributed by atoms with Crippen LogP contribution in [0.5, 0.6) is 0 Å². The van der Waals surface area contributed by atoms with Crippen LogP contribution in [0.3, 0.4) is 0 Å². The van der Waals surface area contributed by atoms with Crippen LogP contribution >= 0.6 is 23.4 Å². The van der Waals surface area contributed by atoms with Crippen LogP contribution in [0, 0.1) is 11.8 Å². The lowest BCUT2D eigenvalue weighted by Gasteiger charge is -2.36. The molecule has 9 heteroatoms. The number of para-hydroxylation sites is 1. The molecule has 1 N–H and O–H groups in total. The zero-order chi connectivity index (χ0) is 24.1. The van der Waals surface area contributed by atoms with Gasteiger partial charge in [0.1, 0.15) is 12.6 Å². The maximum Gasteiger partial charge on any atom is 0.311 e. The number of carbonyl (C=O) groups is 3. The van der Waals surface area contributed by atoms with Crippen molar-refractivity contribution in [2.24, 2.45) is 11.8 Å². The molecule has 0 bridgehead atoms. The van der Waals surface area contributed by atoms with E-state index >= 15 is 0 Å². The first-order valence-corrected chi connectivity index (χ1v) is 12.7. The number of aliphatic hydroxyl groups is 1. The Morgan fingerprint density at radius 3 is 2.68 bits per heavy atom. The molecule has 0 aromatic heterocycles. The predicted octanol–water partition coefficient (Wildman–Crippen LogP) is 2.82. The van der Waals surface area contributed by atoms with Crippen LogP contribution in [0.15, 0.2) is 48.6 Å². The Labute approximate surface area is 207 Å². The summed E-state index contributed by atoms with van der Waals surface area (Å²) < 4.78 is 3.85. The maximum absolute atomic E-state index is 14.2. The summed E-state index contributed by atoms with van der Waals surface area (Å²) in [6.45, 7) is 2.78. The van der Waals surface area contributed by atoms with Gasteiger partial charge in [0, 0.05) is 24.4 Å². The second-order valence-electron chi connectivity index (χ2n) is 9.29. The smallest absolute Gasteiger partial charge is 0.311 e. The highest BCUT2D eigenvalue weighted by Crippen LogP contribution is 2.65. The maximum atomic E-state index is 14.2. The van der Waals surface area contributed by atoms with Gasteiger partial charge in [-0.2, -0.15) is 0 Å². The molecule has 2 fully saturated rings. The molecule has 4 aliphatic heterocycles. The molecule has 5 rings (SSSR count). The van der Waals surface area contributed by atoms with Crippen LogP contribution in [0.4, 0.5) is 5.69 Å². The lowest BCUT2D eigenvalue weighted by atomic mass is 9.75. The van der Waals surface area contributed by atoms with E-state index in [1.165, 1.54) is 11.8 Å².